The molecule has 2 aromatic rings. The highest BCUT2D eigenvalue weighted by molar-refractivity contribution is 6.04. The van der Waals surface area contributed by atoms with E-state index in [4.69, 9.17) is 4.74 Å². The van der Waals surface area contributed by atoms with Gasteiger partial charge in [-0.3, -0.25) is 0 Å². The lowest BCUT2D eigenvalue weighted by Crippen LogP contribution is -2.07. The highest BCUT2D eigenvalue weighted by Crippen LogP contribution is 2.19. The van der Waals surface area contributed by atoms with Gasteiger partial charge in [-0.1, -0.05) is 42.0 Å². The zero-order chi connectivity index (χ0) is 13.0. The summed E-state index contributed by atoms with van der Waals surface area (Å²) in [4.78, 5) is 12.0. The van der Waals surface area contributed by atoms with Gasteiger partial charge in [0.05, 0.1) is 12.2 Å². The smallest absolute Gasteiger partial charge is 0.338 e. The molecular weight excluding hydrogens is 224 g/mol. The first-order chi connectivity index (χ1) is 8.68. The Kier molecular flexibility index (Phi) is 3.78. The van der Waals surface area contributed by atoms with E-state index in [1.807, 2.05) is 43.3 Å². The maximum absolute atomic E-state index is 12.0. The minimum absolute atomic E-state index is 0.270. The van der Waals surface area contributed by atoms with Gasteiger partial charge in [-0.25, -0.2) is 4.79 Å². The van der Waals surface area contributed by atoms with E-state index in [-0.39, 0.29) is 5.97 Å². The molecule has 92 valence electrons. The number of carbonyl (C=O) groups excluding carboxylic acids is 1. The molecule has 2 aromatic carbocycles. The molecule has 0 atom stereocenters. The van der Waals surface area contributed by atoms with Crippen molar-refractivity contribution in [3.63, 3.8) is 0 Å². The molecule has 2 rings (SSSR count). The topological polar surface area (TPSA) is 26.3 Å². The fourth-order valence-corrected chi connectivity index (χ4v) is 1.80. The Bertz CT molecular complexity index is 579. The molecule has 0 aromatic heterocycles. The van der Waals surface area contributed by atoms with Crippen LogP contribution in [-0.4, -0.2) is 12.6 Å². The van der Waals surface area contributed by atoms with Crippen molar-refractivity contribution >= 4 is 16.7 Å². The number of esters is 1. The molecule has 0 unspecified atom stereocenters. The third-order valence-electron chi connectivity index (χ3n) is 2.77. The number of rotatable bonds is 4. The molecule has 0 saturated carbocycles. The number of hydrogen-bond acceptors (Lipinski definition) is 2. The monoisotopic (exact) mass is 240 g/mol. The highest BCUT2D eigenvalue weighted by Gasteiger charge is 2.10. The molecule has 0 N–H and O–H groups in total. The van der Waals surface area contributed by atoms with Gasteiger partial charge >= 0.3 is 5.97 Å². The second-order valence-electron chi connectivity index (χ2n) is 4.37. The van der Waals surface area contributed by atoms with Gasteiger partial charge in [0, 0.05) is 6.42 Å². The quantitative estimate of drug-likeness (QED) is 0.597. The van der Waals surface area contributed by atoms with Crippen LogP contribution >= 0.6 is 0 Å². The molecule has 0 aliphatic heterocycles. The van der Waals surface area contributed by atoms with Gasteiger partial charge in [0.25, 0.3) is 0 Å². The Morgan fingerprint density at radius 1 is 1.17 bits per heavy atom. The van der Waals surface area contributed by atoms with E-state index in [0.29, 0.717) is 18.6 Å². The van der Waals surface area contributed by atoms with Crippen molar-refractivity contribution in [2.45, 2.75) is 13.3 Å². The van der Waals surface area contributed by atoms with Crippen LogP contribution in [0, 0.1) is 0 Å². The van der Waals surface area contributed by atoms with Gasteiger partial charge in [-0.15, -0.1) is 6.58 Å². The molecule has 0 bridgehead atoms. The Morgan fingerprint density at radius 3 is 2.67 bits per heavy atom. The maximum atomic E-state index is 12.0. The average Bonchev–Trinajstić information content (AvgIpc) is 2.37. The summed E-state index contributed by atoms with van der Waals surface area (Å²) in [5.41, 5.74) is 1.63. The molecule has 0 aliphatic carbocycles. The first kappa shape index (κ1) is 12.4. The molecule has 0 radical (unpaired) electrons. The minimum atomic E-state index is -0.270. The maximum Gasteiger partial charge on any atom is 0.338 e. The Labute approximate surface area is 107 Å². The van der Waals surface area contributed by atoms with Gasteiger partial charge in [0.15, 0.2) is 0 Å². The number of carbonyl (C=O) groups is 1. The number of benzene rings is 2. The molecule has 0 aliphatic rings. The third-order valence-corrected chi connectivity index (χ3v) is 2.77. The number of hydrogen-bond donors (Lipinski definition) is 0. The lowest BCUT2D eigenvalue weighted by Gasteiger charge is -2.07. The second kappa shape index (κ2) is 5.50. The summed E-state index contributed by atoms with van der Waals surface area (Å²) in [6, 6.07) is 13.5. The van der Waals surface area contributed by atoms with E-state index in [0.717, 1.165) is 16.3 Å². The lowest BCUT2D eigenvalue weighted by molar-refractivity contribution is 0.0512. The SMILES string of the molecule is C=C(C)CCOC(=O)c1cccc2ccccc12. The fraction of sp³-hybridized carbons (Fsp3) is 0.188. The van der Waals surface area contributed by atoms with Crippen LogP contribution in [0.1, 0.15) is 23.7 Å². The Hall–Kier alpha value is -2.09. The van der Waals surface area contributed by atoms with Crippen molar-refractivity contribution < 1.29 is 9.53 Å². The lowest BCUT2D eigenvalue weighted by atomic mass is 10.0. The molecule has 2 heteroatoms. The standard InChI is InChI=1S/C16H16O2/c1-12(2)10-11-18-16(17)15-9-5-7-13-6-3-4-8-14(13)15/h3-9H,1,10-11H2,2H3. The Balaban J connectivity index is 2.20. The zero-order valence-electron chi connectivity index (χ0n) is 10.5. The number of fused-ring (bicyclic) bond motifs is 1. The summed E-state index contributed by atoms with van der Waals surface area (Å²) in [6.07, 6.45) is 0.705. The van der Waals surface area contributed by atoms with Crippen LogP contribution in [0.4, 0.5) is 0 Å². The van der Waals surface area contributed by atoms with Crippen molar-refractivity contribution in [1.29, 1.82) is 0 Å². The predicted octanol–water partition coefficient (Wildman–Crippen LogP) is 3.96. The summed E-state index contributed by atoms with van der Waals surface area (Å²) >= 11 is 0. The van der Waals surface area contributed by atoms with E-state index < -0.39 is 0 Å². The average molecular weight is 240 g/mol. The molecule has 0 fully saturated rings. The summed E-state index contributed by atoms with van der Waals surface area (Å²) in [6.45, 7) is 6.09. The van der Waals surface area contributed by atoms with Crippen LogP contribution in [0.15, 0.2) is 54.6 Å². The Morgan fingerprint density at radius 2 is 1.89 bits per heavy atom. The van der Waals surface area contributed by atoms with Gasteiger partial charge in [0.2, 0.25) is 0 Å². The first-order valence-corrected chi connectivity index (χ1v) is 5.98. The molecule has 0 saturated heterocycles. The summed E-state index contributed by atoms with van der Waals surface area (Å²) in [5, 5.41) is 1.98. The van der Waals surface area contributed by atoms with Crippen LogP contribution in [0.5, 0.6) is 0 Å². The molecular formula is C16H16O2. The zero-order valence-corrected chi connectivity index (χ0v) is 10.5. The van der Waals surface area contributed by atoms with Gasteiger partial charge in [0.1, 0.15) is 0 Å². The normalized spacial score (nSPS) is 10.3. The summed E-state index contributed by atoms with van der Waals surface area (Å²) in [7, 11) is 0. The van der Waals surface area contributed by atoms with E-state index in [9.17, 15) is 4.79 Å². The van der Waals surface area contributed by atoms with Crippen molar-refractivity contribution in [3.05, 3.63) is 60.2 Å². The van der Waals surface area contributed by atoms with Crippen molar-refractivity contribution in [2.75, 3.05) is 6.61 Å². The highest BCUT2D eigenvalue weighted by atomic mass is 16.5. The summed E-state index contributed by atoms with van der Waals surface area (Å²) < 4.78 is 5.25. The van der Waals surface area contributed by atoms with Crippen LogP contribution < -0.4 is 0 Å². The van der Waals surface area contributed by atoms with E-state index >= 15 is 0 Å². The van der Waals surface area contributed by atoms with Crippen LogP contribution in [0.2, 0.25) is 0 Å². The molecule has 0 amide bonds. The third kappa shape index (κ3) is 2.77. The number of ether oxygens (including phenoxy) is 1. The first-order valence-electron chi connectivity index (χ1n) is 5.98. The van der Waals surface area contributed by atoms with Crippen molar-refractivity contribution in [1.82, 2.24) is 0 Å². The molecule has 0 heterocycles. The van der Waals surface area contributed by atoms with Crippen molar-refractivity contribution in [2.24, 2.45) is 0 Å². The van der Waals surface area contributed by atoms with Gasteiger partial charge in [-0.05, 0) is 23.8 Å². The van der Waals surface area contributed by atoms with E-state index in [1.54, 1.807) is 6.07 Å². The van der Waals surface area contributed by atoms with Gasteiger partial charge in [-0.2, -0.15) is 0 Å². The van der Waals surface area contributed by atoms with Gasteiger partial charge < -0.3 is 4.74 Å². The minimum Gasteiger partial charge on any atom is -0.462 e. The fourth-order valence-electron chi connectivity index (χ4n) is 1.80. The molecule has 18 heavy (non-hydrogen) atoms. The summed E-state index contributed by atoms with van der Waals surface area (Å²) in [5.74, 6) is -0.270. The largest absolute Gasteiger partial charge is 0.462 e. The van der Waals surface area contributed by atoms with E-state index in [1.165, 1.54) is 0 Å². The van der Waals surface area contributed by atoms with Crippen LogP contribution in [-0.2, 0) is 4.74 Å². The molecule has 2 nitrogen and oxygen atoms in total. The van der Waals surface area contributed by atoms with Crippen LogP contribution in [0.3, 0.4) is 0 Å². The molecule has 0 spiro atoms. The van der Waals surface area contributed by atoms with Crippen molar-refractivity contribution in [3.8, 4) is 0 Å². The van der Waals surface area contributed by atoms with E-state index in [2.05, 4.69) is 6.58 Å². The second-order valence-corrected chi connectivity index (χ2v) is 4.37. The predicted molar refractivity (Wildman–Crippen MR) is 73.7 cm³/mol. The van der Waals surface area contributed by atoms with Crippen LogP contribution in [0.25, 0.3) is 10.8 Å².